The number of hydrogen-bond donors (Lipinski definition) is 0. The normalized spacial score (nSPS) is 12.0. The number of hydrogen-bond acceptors (Lipinski definition) is 2. The summed E-state index contributed by atoms with van der Waals surface area (Å²) < 4.78 is 7.37. The first kappa shape index (κ1) is 24.6. The zero-order valence-electron chi connectivity index (χ0n) is 19.6. The van der Waals surface area contributed by atoms with Crippen molar-refractivity contribution in [3.8, 4) is 17.2 Å². The van der Waals surface area contributed by atoms with E-state index >= 15 is 0 Å². The van der Waals surface area contributed by atoms with E-state index in [0.29, 0.717) is 5.56 Å². The third-order valence-corrected chi connectivity index (χ3v) is 17.6. The first-order valence-corrected chi connectivity index (χ1v) is 16.7. The molecule has 2 nitrogen and oxygen atoms in total. The van der Waals surface area contributed by atoms with Gasteiger partial charge in [-0.2, -0.15) is 5.26 Å². The van der Waals surface area contributed by atoms with Crippen molar-refractivity contribution < 1.29 is 4.12 Å². The summed E-state index contributed by atoms with van der Waals surface area (Å²) >= 11 is 0. The van der Waals surface area contributed by atoms with Crippen molar-refractivity contribution in [3.05, 3.63) is 54.1 Å². The molecule has 0 aromatic heterocycles. The van der Waals surface area contributed by atoms with Crippen LogP contribution in [0.1, 0.15) is 59.4 Å². The van der Waals surface area contributed by atoms with Gasteiger partial charge in [-0.25, -0.2) is 0 Å². The summed E-state index contributed by atoms with van der Waals surface area (Å²) in [5.41, 5.74) is 3.07. The highest BCUT2D eigenvalue weighted by Crippen LogP contribution is 2.32. The van der Waals surface area contributed by atoms with Crippen LogP contribution in [0.25, 0.3) is 11.1 Å². The van der Waals surface area contributed by atoms with E-state index in [0.717, 1.165) is 17.7 Å². The third-order valence-electron chi connectivity index (χ3n) is 6.84. The summed E-state index contributed by atoms with van der Waals surface area (Å²) in [6.45, 7) is 11.7. The lowest BCUT2D eigenvalue weighted by Crippen LogP contribution is -2.57. The minimum atomic E-state index is -1.98. The molecule has 2 aromatic carbocycles. The van der Waals surface area contributed by atoms with E-state index in [9.17, 15) is 0 Å². The molecule has 0 spiro atoms. The molecule has 0 bridgehead atoms. The van der Waals surface area contributed by atoms with Crippen molar-refractivity contribution >= 4 is 21.8 Å². The van der Waals surface area contributed by atoms with E-state index in [4.69, 9.17) is 9.38 Å². The summed E-state index contributed by atoms with van der Waals surface area (Å²) in [5.74, 6) is 0. The molecule has 2 aromatic rings. The average Bonchev–Trinajstić information content (AvgIpc) is 2.82. The minimum absolute atomic E-state index is 0.704. The van der Waals surface area contributed by atoms with Crippen LogP contribution in [-0.4, -0.2) is 16.6 Å². The van der Waals surface area contributed by atoms with Crippen molar-refractivity contribution in [2.45, 2.75) is 84.1 Å². The van der Waals surface area contributed by atoms with Crippen LogP contribution in [0.4, 0.5) is 0 Å². The van der Waals surface area contributed by atoms with Crippen LogP contribution in [0.2, 0.25) is 30.2 Å². The lowest BCUT2D eigenvalue weighted by atomic mass is 10.0. The molecule has 0 aliphatic heterocycles. The highest BCUT2D eigenvalue weighted by Gasteiger charge is 2.42. The Labute approximate surface area is 186 Å². The second-order valence-corrected chi connectivity index (χ2v) is 17.5. The van der Waals surface area contributed by atoms with Gasteiger partial charge < -0.3 is 4.12 Å². The van der Waals surface area contributed by atoms with E-state index < -0.39 is 16.6 Å². The van der Waals surface area contributed by atoms with Crippen LogP contribution in [0.5, 0.6) is 0 Å². The van der Waals surface area contributed by atoms with Crippen molar-refractivity contribution in [3.63, 3.8) is 0 Å². The van der Waals surface area contributed by atoms with E-state index in [-0.39, 0.29) is 0 Å². The maximum Gasteiger partial charge on any atom is 0.211 e. The van der Waals surface area contributed by atoms with Crippen LogP contribution >= 0.6 is 0 Å². The van der Waals surface area contributed by atoms with E-state index in [1.807, 2.05) is 24.3 Å². The average molecular weight is 438 g/mol. The Kier molecular flexibility index (Phi) is 9.55. The van der Waals surface area contributed by atoms with Gasteiger partial charge in [0, 0.05) is 0 Å². The Balaban J connectivity index is 2.31. The van der Waals surface area contributed by atoms with Crippen molar-refractivity contribution in [2.75, 3.05) is 0 Å². The monoisotopic (exact) mass is 437 g/mol. The molecule has 0 saturated carbocycles. The fraction of sp³-hybridized carbons (Fsp3) is 0.500. The first-order chi connectivity index (χ1) is 14.5. The molecule has 0 aliphatic rings. The molecule has 0 heterocycles. The fourth-order valence-electron chi connectivity index (χ4n) is 4.48. The molecular weight excluding hydrogens is 398 g/mol. The number of unbranched alkanes of at least 4 members (excludes halogenated alkanes) is 2. The molecule has 0 amide bonds. The van der Waals surface area contributed by atoms with Gasteiger partial charge in [0.15, 0.2) is 8.32 Å². The Morgan fingerprint density at radius 1 is 0.733 bits per heavy atom. The lowest BCUT2D eigenvalue weighted by Gasteiger charge is -2.41. The SMILES string of the molecule is CCCCC[Si](CC)(CC)O[Si](CC)(CC)c1ccc(-c2ccc(C#N)cc2)cc1. The van der Waals surface area contributed by atoms with Gasteiger partial charge in [0.25, 0.3) is 0 Å². The predicted molar refractivity (Wildman–Crippen MR) is 135 cm³/mol. The van der Waals surface area contributed by atoms with Gasteiger partial charge in [0.05, 0.1) is 11.6 Å². The van der Waals surface area contributed by atoms with Gasteiger partial charge >= 0.3 is 0 Å². The maximum absolute atomic E-state index is 9.02. The Morgan fingerprint density at radius 3 is 1.70 bits per heavy atom. The third kappa shape index (κ3) is 5.72. The van der Waals surface area contributed by atoms with Gasteiger partial charge in [0.2, 0.25) is 8.32 Å². The van der Waals surface area contributed by atoms with Gasteiger partial charge in [-0.3, -0.25) is 0 Å². The zero-order chi connectivity index (χ0) is 22.0. The maximum atomic E-state index is 9.02. The quantitative estimate of drug-likeness (QED) is 0.253. The van der Waals surface area contributed by atoms with Gasteiger partial charge in [-0.05, 0) is 58.7 Å². The minimum Gasteiger partial charge on any atom is -0.452 e. The van der Waals surface area contributed by atoms with Crippen molar-refractivity contribution in [1.29, 1.82) is 5.26 Å². The molecule has 0 atom stereocenters. The molecule has 0 radical (unpaired) electrons. The van der Waals surface area contributed by atoms with Crippen LogP contribution in [0.3, 0.4) is 0 Å². The number of rotatable bonds is 12. The molecule has 0 fully saturated rings. The molecular formula is C26H39NOSi2. The van der Waals surface area contributed by atoms with E-state index in [2.05, 4.69) is 65.0 Å². The summed E-state index contributed by atoms with van der Waals surface area (Å²) in [5, 5.41) is 10.5. The summed E-state index contributed by atoms with van der Waals surface area (Å²) in [6, 6.07) is 25.2. The molecule has 0 unspecified atom stereocenters. The standard InChI is InChI=1S/C26H39NOSi2/c1-6-11-12-21-29(7-2,8-3)28-30(9-4,10-5)26-19-17-25(18-20-26)24-15-13-23(22-27)14-16-24/h13-20H,6-12,21H2,1-5H3. The van der Waals surface area contributed by atoms with Gasteiger partial charge in [-0.1, -0.05) is 90.3 Å². The molecule has 4 heteroatoms. The zero-order valence-corrected chi connectivity index (χ0v) is 21.6. The predicted octanol–water partition coefficient (Wildman–Crippen LogP) is 7.61. The van der Waals surface area contributed by atoms with Crippen LogP contribution in [0.15, 0.2) is 48.5 Å². The Morgan fingerprint density at radius 2 is 1.27 bits per heavy atom. The number of nitrogens with zero attached hydrogens (tertiary/aromatic N) is 1. The van der Waals surface area contributed by atoms with E-state index in [1.54, 1.807) is 0 Å². The van der Waals surface area contributed by atoms with Gasteiger partial charge in [0.1, 0.15) is 0 Å². The fourth-order valence-corrected chi connectivity index (χ4v) is 15.2. The first-order valence-electron chi connectivity index (χ1n) is 11.8. The molecule has 0 aliphatic carbocycles. The van der Waals surface area contributed by atoms with Gasteiger partial charge in [-0.15, -0.1) is 0 Å². The lowest BCUT2D eigenvalue weighted by molar-refractivity contribution is 0.515. The molecule has 0 N–H and O–H groups in total. The summed E-state index contributed by atoms with van der Waals surface area (Å²) in [7, 11) is -3.67. The van der Waals surface area contributed by atoms with Crippen LogP contribution < -0.4 is 5.19 Å². The number of nitriles is 1. The van der Waals surface area contributed by atoms with Crippen LogP contribution in [-0.2, 0) is 4.12 Å². The van der Waals surface area contributed by atoms with Crippen LogP contribution in [0, 0.1) is 11.3 Å². The number of benzene rings is 2. The smallest absolute Gasteiger partial charge is 0.211 e. The van der Waals surface area contributed by atoms with Crippen molar-refractivity contribution in [2.24, 2.45) is 0 Å². The second kappa shape index (κ2) is 11.6. The Hall–Kier alpha value is -1.68. The molecule has 0 saturated heterocycles. The molecule has 162 valence electrons. The Bertz CT molecular complexity index is 800. The van der Waals surface area contributed by atoms with E-state index in [1.165, 1.54) is 48.1 Å². The topological polar surface area (TPSA) is 33.0 Å². The molecule has 2 rings (SSSR count). The largest absolute Gasteiger partial charge is 0.452 e. The summed E-state index contributed by atoms with van der Waals surface area (Å²) in [6.07, 6.45) is 3.92. The second-order valence-electron chi connectivity index (χ2n) is 8.42. The highest BCUT2D eigenvalue weighted by atomic mass is 28.4. The molecule has 30 heavy (non-hydrogen) atoms. The highest BCUT2D eigenvalue weighted by molar-refractivity contribution is 6.94. The van der Waals surface area contributed by atoms with Crippen molar-refractivity contribution in [1.82, 2.24) is 0 Å². The summed E-state index contributed by atoms with van der Waals surface area (Å²) in [4.78, 5) is 0.